The third kappa shape index (κ3) is 3.45. The molecule has 0 bridgehead atoms. The van der Waals surface area contributed by atoms with Crippen LogP contribution in [-0.2, 0) is 16.7 Å². The van der Waals surface area contributed by atoms with E-state index in [1.165, 1.54) is 19.1 Å². The van der Waals surface area contributed by atoms with Crippen molar-refractivity contribution in [2.45, 2.75) is 18.5 Å². The first-order chi connectivity index (χ1) is 12.6. The van der Waals surface area contributed by atoms with Crippen molar-refractivity contribution in [3.05, 3.63) is 59.1 Å². The Hall–Kier alpha value is -2.72. The van der Waals surface area contributed by atoms with Crippen molar-refractivity contribution < 1.29 is 30.5 Å². The molecule has 0 saturated carbocycles. The number of sulfonamides is 1. The fourth-order valence-electron chi connectivity index (χ4n) is 2.57. The lowest BCUT2D eigenvalue weighted by molar-refractivity contribution is 0.332. The van der Waals surface area contributed by atoms with Gasteiger partial charge in [-0.25, -0.2) is 31.1 Å². The number of halogens is 4. The van der Waals surface area contributed by atoms with Crippen molar-refractivity contribution in [3.63, 3.8) is 0 Å². The van der Waals surface area contributed by atoms with Gasteiger partial charge < -0.3 is 4.52 Å². The van der Waals surface area contributed by atoms with Gasteiger partial charge in [0, 0.05) is 11.1 Å². The van der Waals surface area contributed by atoms with Gasteiger partial charge in [-0.3, -0.25) is 0 Å². The summed E-state index contributed by atoms with van der Waals surface area (Å²) in [5, 5.41) is 8.47. The molecule has 2 aromatic carbocycles. The number of alkyl halides is 1. The Morgan fingerprint density at radius 2 is 1.78 bits per heavy atom. The molecular formula is C17H12F4N2O3S. The molecule has 142 valence electrons. The molecule has 0 radical (unpaired) electrons. The number of aryl methyl sites for hydroxylation is 1. The van der Waals surface area contributed by atoms with Crippen LogP contribution in [0.1, 0.15) is 11.3 Å². The quantitative estimate of drug-likeness (QED) is 0.674. The topological polar surface area (TPSA) is 86.2 Å². The third-order valence-corrected chi connectivity index (χ3v) is 4.85. The van der Waals surface area contributed by atoms with Crippen LogP contribution in [0.4, 0.5) is 17.6 Å². The molecule has 0 spiro atoms. The molecule has 5 nitrogen and oxygen atoms in total. The van der Waals surface area contributed by atoms with Gasteiger partial charge in [-0.05, 0) is 30.7 Å². The van der Waals surface area contributed by atoms with Gasteiger partial charge in [0.15, 0.2) is 12.4 Å². The molecule has 0 saturated heterocycles. The summed E-state index contributed by atoms with van der Waals surface area (Å²) in [7, 11) is -4.51. The number of aromatic nitrogens is 1. The van der Waals surface area contributed by atoms with Gasteiger partial charge in [-0.2, -0.15) is 0 Å². The maximum absolute atomic E-state index is 14.5. The van der Waals surface area contributed by atoms with E-state index in [2.05, 4.69) is 5.16 Å². The van der Waals surface area contributed by atoms with Crippen LogP contribution in [0.25, 0.3) is 22.4 Å². The minimum Gasteiger partial charge on any atom is -0.357 e. The van der Waals surface area contributed by atoms with E-state index in [0.717, 1.165) is 6.07 Å². The number of nitrogens with zero attached hydrogens (tertiary/aromatic N) is 1. The van der Waals surface area contributed by atoms with Crippen LogP contribution in [-0.4, -0.2) is 13.6 Å². The first-order valence-corrected chi connectivity index (χ1v) is 9.01. The monoisotopic (exact) mass is 400 g/mol. The minimum absolute atomic E-state index is 0.122. The summed E-state index contributed by atoms with van der Waals surface area (Å²) in [5.74, 6) is -3.53. The SMILES string of the molecule is Cc1ccc(-c2noc(CF)c2-c2cc(F)c(S(N)(=O)=O)cc2F)cc1F. The fourth-order valence-corrected chi connectivity index (χ4v) is 3.17. The van der Waals surface area contributed by atoms with E-state index in [1.54, 1.807) is 0 Å². The van der Waals surface area contributed by atoms with Gasteiger partial charge in [-0.15, -0.1) is 0 Å². The first-order valence-electron chi connectivity index (χ1n) is 7.46. The van der Waals surface area contributed by atoms with Crippen molar-refractivity contribution in [2.75, 3.05) is 0 Å². The van der Waals surface area contributed by atoms with Gasteiger partial charge in [0.1, 0.15) is 28.0 Å². The molecule has 0 fully saturated rings. The van der Waals surface area contributed by atoms with E-state index in [1.807, 2.05) is 0 Å². The Morgan fingerprint density at radius 3 is 2.37 bits per heavy atom. The summed E-state index contributed by atoms with van der Waals surface area (Å²) in [6.45, 7) is 0.325. The molecule has 3 rings (SSSR count). The molecule has 1 heterocycles. The Bertz CT molecular complexity index is 1140. The number of hydrogen-bond acceptors (Lipinski definition) is 4. The van der Waals surface area contributed by atoms with Crippen LogP contribution in [0.15, 0.2) is 39.8 Å². The zero-order chi connectivity index (χ0) is 19.9. The summed E-state index contributed by atoms with van der Waals surface area (Å²) in [6.07, 6.45) is 0. The van der Waals surface area contributed by atoms with Gasteiger partial charge in [0.05, 0.1) is 5.56 Å². The second kappa shape index (κ2) is 6.78. The van der Waals surface area contributed by atoms with E-state index >= 15 is 0 Å². The molecule has 0 atom stereocenters. The van der Waals surface area contributed by atoms with E-state index in [9.17, 15) is 26.0 Å². The summed E-state index contributed by atoms with van der Waals surface area (Å²) in [6, 6.07) is 4.91. The van der Waals surface area contributed by atoms with Crippen molar-refractivity contribution in [2.24, 2.45) is 5.14 Å². The van der Waals surface area contributed by atoms with Crippen LogP contribution in [0.5, 0.6) is 0 Å². The first kappa shape index (κ1) is 19.1. The standard InChI is InChI=1S/C17H12F4N2O3S/c1-8-2-3-9(4-11(8)19)17-16(14(7-18)26-23-17)10-5-13(21)15(6-12(10)20)27(22,24)25/h2-6H,7H2,1H3,(H2,22,24,25). The summed E-state index contributed by atoms with van der Waals surface area (Å²) in [5.41, 5.74) is -0.387. The van der Waals surface area contributed by atoms with Crippen molar-refractivity contribution in [3.8, 4) is 22.4 Å². The number of nitrogens with two attached hydrogens (primary N) is 1. The molecule has 10 heteroatoms. The number of benzene rings is 2. The predicted molar refractivity (Wildman–Crippen MR) is 88.2 cm³/mol. The van der Waals surface area contributed by atoms with Gasteiger partial charge in [0.25, 0.3) is 0 Å². The van der Waals surface area contributed by atoms with Crippen LogP contribution in [0, 0.1) is 24.4 Å². The molecule has 2 N–H and O–H groups in total. The molecule has 1 aromatic heterocycles. The second-order valence-corrected chi connectivity index (χ2v) is 7.26. The summed E-state index contributed by atoms with van der Waals surface area (Å²) in [4.78, 5) is -1.05. The van der Waals surface area contributed by atoms with E-state index in [-0.39, 0.29) is 16.8 Å². The number of rotatable bonds is 4. The summed E-state index contributed by atoms with van der Waals surface area (Å²) < 4.78 is 83.4. The number of primary sulfonamides is 1. The van der Waals surface area contributed by atoms with Crippen LogP contribution >= 0.6 is 0 Å². The average molecular weight is 400 g/mol. The highest BCUT2D eigenvalue weighted by Crippen LogP contribution is 2.38. The summed E-state index contributed by atoms with van der Waals surface area (Å²) >= 11 is 0. The lowest BCUT2D eigenvalue weighted by atomic mass is 9.98. The Kier molecular flexibility index (Phi) is 4.79. The molecule has 0 aliphatic carbocycles. The molecule has 27 heavy (non-hydrogen) atoms. The molecule has 0 aliphatic heterocycles. The highest BCUT2D eigenvalue weighted by Gasteiger charge is 2.26. The lowest BCUT2D eigenvalue weighted by Gasteiger charge is -2.08. The zero-order valence-electron chi connectivity index (χ0n) is 13.8. The predicted octanol–water partition coefficient (Wildman–Crippen LogP) is 3.85. The highest BCUT2D eigenvalue weighted by molar-refractivity contribution is 7.89. The maximum Gasteiger partial charge on any atom is 0.241 e. The fraction of sp³-hybridized carbons (Fsp3) is 0.118. The molecule has 0 amide bonds. The van der Waals surface area contributed by atoms with Crippen molar-refractivity contribution in [1.29, 1.82) is 0 Å². The van der Waals surface area contributed by atoms with Crippen molar-refractivity contribution >= 4 is 10.0 Å². The smallest absolute Gasteiger partial charge is 0.241 e. The zero-order valence-corrected chi connectivity index (χ0v) is 14.6. The molecular weight excluding hydrogens is 388 g/mol. The second-order valence-electron chi connectivity index (χ2n) is 5.73. The van der Waals surface area contributed by atoms with E-state index in [0.29, 0.717) is 17.7 Å². The van der Waals surface area contributed by atoms with Gasteiger partial charge in [-0.1, -0.05) is 17.3 Å². The molecule has 0 aliphatic rings. The van der Waals surface area contributed by atoms with Gasteiger partial charge in [0.2, 0.25) is 10.0 Å². The molecule has 0 unspecified atom stereocenters. The minimum atomic E-state index is -4.51. The Morgan fingerprint density at radius 1 is 1.07 bits per heavy atom. The number of hydrogen-bond donors (Lipinski definition) is 1. The molecule has 3 aromatic rings. The van der Waals surface area contributed by atoms with Crippen LogP contribution in [0.2, 0.25) is 0 Å². The Labute approximate surface area is 151 Å². The maximum atomic E-state index is 14.5. The van der Waals surface area contributed by atoms with E-state index in [4.69, 9.17) is 9.66 Å². The normalized spacial score (nSPS) is 11.8. The van der Waals surface area contributed by atoms with Crippen LogP contribution < -0.4 is 5.14 Å². The van der Waals surface area contributed by atoms with E-state index < -0.39 is 50.4 Å². The third-order valence-electron chi connectivity index (χ3n) is 3.93. The largest absolute Gasteiger partial charge is 0.357 e. The van der Waals surface area contributed by atoms with Crippen molar-refractivity contribution in [1.82, 2.24) is 5.16 Å². The highest BCUT2D eigenvalue weighted by atomic mass is 32.2. The van der Waals surface area contributed by atoms with Crippen LogP contribution in [0.3, 0.4) is 0 Å². The Balaban J connectivity index is 2.27. The average Bonchev–Trinajstić information content (AvgIpc) is 3.01. The lowest BCUT2D eigenvalue weighted by Crippen LogP contribution is -2.14. The van der Waals surface area contributed by atoms with Gasteiger partial charge >= 0.3 is 0 Å².